The van der Waals surface area contributed by atoms with Gasteiger partial charge in [-0.2, -0.15) is 0 Å². The Hall–Kier alpha value is -4.41. The highest BCUT2D eigenvalue weighted by Gasteiger charge is 2.42. The molecule has 10 heteroatoms. The fourth-order valence-corrected chi connectivity index (χ4v) is 4.83. The monoisotopic (exact) mass is 464 g/mol. The third kappa shape index (κ3) is 2.54. The van der Waals surface area contributed by atoms with E-state index in [1.54, 1.807) is 0 Å². The highest BCUT2D eigenvalue weighted by Crippen LogP contribution is 2.55. The summed E-state index contributed by atoms with van der Waals surface area (Å²) in [7, 11) is 0. The number of aryl methyl sites for hydroxylation is 1. The number of phenols is 4. The highest BCUT2D eigenvalue weighted by molar-refractivity contribution is 6.31. The summed E-state index contributed by atoms with van der Waals surface area (Å²) in [6.07, 6.45) is -3.36. The lowest BCUT2D eigenvalue weighted by atomic mass is 9.74. The first-order valence-corrected chi connectivity index (χ1v) is 9.97. The quantitative estimate of drug-likeness (QED) is 0.219. The molecule has 3 aromatic rings. The lowest BCUT2D eigenvalue weighted by molar-refractivity contribution is 0.0154. The first kappa shape index (κ1) is 21.4. The average Bonchev–Trinajstić information content (AvgIpc) is 2.74. The zero-order valence-corrected chi connectivity index (χ0v) is 17.3. The van der Waals surface area contributed by atoms with Crippen LogP contribution in [0, 0.1) is 6.92 Å². The molecule has 7 N–H and O–H groups in total. The molecule has 2 aliphatic rings. The minimum Gasteiger partial charge on any atom is -0.508 e. The number of benzene rings is 3. The van der Waals surface area contributed by atoms with Crippen LogP contribution in [-0.2, 0) is 0 Å². The van der Waals surface area contributed by atoms with Gasteiger partial charge >= 0.3 is 5.97 Å². The summed E-state index contributed by atoms with van der Waals surface area (Å²) in [6, 6.07) is 4.12. The van der Waals surface area contributed by atoms with Crippen LogP contribution in [0.1, 0.15) is 71.1 Å². The fraction of sp³-hybridized carbons (Fsp3) is 0.125. The Bertz CT molecular complexity index is 1500. The molecule has 0 bridgehead atoms. The van der Waals surface area contributed by atoms with Crippen molar-refractivity contribution in [3.8, 4) is 34.1 Å². The number of hydrogen-bond acceptors (Lipinski definition) is 9. The van der Waals surface area contributed by atoms with Gasteiger partial charge in [0.2, 0.25) is 0 Å². The molecule has 10 nitrogen and oxygen atoms in total. The zero-order valence-electron chi connectivity index (χ0n) is 17.3. The van der Waals surface area contributed by atoms with Gasteiger partial charge in [-0.3, -0.25) is 9.59 Å². The number of carboxylic acid groups (broad SMARTS) is 1. The molecule has 0 aromatic heterocycles. The minimum absolute atomic E-state index is 0.0828. The molecule has 2 atom stereocenters. The molecule has 0 aliphatic heterocycles. The van der Waals surface area contributed by atoms with E-state index in [2.05, 4.69) is 0 Å². The summed E-state index contributed by atoms with van der Waals surface area (Å²) in [5.41, 5.74) is -3.04. The Morgan fingerprint density at radius 2 is 1.26 bits per heavy atom. The van der Waals surface area contributed by atoms with Crippen molar-refractivity contribution in [3.63, 3.8) is 0 Å². The number of rotatable bonds is 1. The van der Waals surface area contributed by atoms with Crippen molar-refractivity contribution in [2.75, 3.05) is 0 Å². The molecule has 34 heavy (non-hydrogen) atoms. The Kier molecular flexibility index (Phi) is 4.28. The number of aromatic carboxylic acids is 1. The van der Waals surface area contributed by atoms with Crippen LogP contribution < -0.4 is 0 Å². The summed E-state index contributed by atoms with van der Waals surface area (Å²) >= 11 is 0. The van der Waals surface area contributed by atoms with Gasteiger partial charge in [-0.1, -0.05) is 6.07 Å². The minimum atomic E-state index is -1.70. The van der Waals surface area contributed by atoms with Gasteiger partial charge in [0.1, 0.15) is 40.8 Å². The van der Waals surface area contributed by atoms with E-state index >= 15 is 0 Å². The van der Waals surface area contributed by atoms with Gasteiger partial charge in [0.05, 0.1) is 11.1 Å². The normalized spacial score (nSPS) is 18.1. The number of phenolic OH excluding ortho intramolecular Hbond substituents is 3. The number of aromatic hydroxyl groups is 4. The van der Waals surface area contributed by atoms with Crippen molar-refractivity contribution in [1.82, 2.24) is 0 Å². The van der Waals surface area contributed by atoms with E-state index < -0.39 is 69.4 Å². The number of carboxylic acids is 1. The van der Waals surface area contributed by atoms with Crippen molar-refractivity contribution in [3.05, 3.63) is 68.8 Å². The molecular weight excluding hydrogens is 448 g/mol. The maximum Gasteiger partial charge on any atom is 0.339 e. The van der Waals surface area contributed by atoms with Crippen LogP contribution in [0.2, 0.25) is 0 Å². The van der Waals surface area contributed by atoms with E-state index in [9.17, 15) is 50.1 Å². The van der Waals surface area contributed by atoms with E-state index in [1.807, 2.05) is 0 Å². The molecule has 3 aromatic carbocycles. The van der Waals surface area contributed by atoms with Gasteiger partial charge in [0, 0.05) is 28.3 Å². The van der Waals surface area contributed by atoms with Crippen molar-refractivity contribution >= 4 is 17.5 Å². The second-order valence-electron chi connectivity index (χ2n) is 8.23. The van der Waals surface area contributed by atoms with E-state index in [0.29, 0.717) is 0 Å². The maximum absolute atomic E-state index is 13.2. The Morgan fingerprint density at radius 1 is 0.735 bits per heavy atom. The smallest absolute Gasteiger partial charge is 0.339 e. The molecule has 0 spiro atoms. The number of carbonyl (C=O) groups is 3. The third-order valence-corrected chi connectivity index (χ3v) is 6.31. The molecule has 0 saturated carbocycles. The van der Waals surface area contributed by atoms with Crippen LogP contribution in [0.5, 0.6) is 23.0 Å². The van der Waals surface area contributed by atoms with E-state index in [0.717, 1.165) is 18.2 Å². The van der Waals surface area contributed by atoms with Gasteiger partial charge in [0.15, 0.2) is 11.6 Å². The van der Waals surface area contributed by atoms with E-state index in [-0.39, 0.29) is 38.9 Å². The highest BCUT2D eigenvalue weighted by atomic mass is 16.4. The predicted octanol–water partition coefficient (Wildman–Crippen LogP) is 2.04. The number of hydrogen-bond donors (Lipinski definition) is 7. The van der Waals surface area contributed by atoms with Crippen molar-refractivity contribution in [1.29, 1.82) is 0 Å². The number of aliphatic hydroxyl groups excluding tert-OH is 2. The molecule has 0 saturated heterocycles. The van der Waals surface area contributed by atoms with E-state index in [4.69, 9.17) is 0 Å². The fourth-order valence-electron chi connectivity index (χ4n) is 4.83. The molecule has 0 unspecified atom stereocenters. The lowest BCUT2D eigenvalue weighted by Crippen LogP contribution is -2.25. The van der Waals surface area contributed by atoms with Crippen LogP contribution in [0.25, 0.3) is 11.1 Å². The summed E-state index contributed by atoms with van der Waals surface area (Å²) in [6.45, 7) is 1.38. The predicted molar refractivity (Wildman–Crippen MR) is 113 cm³/mol. The van der Waals surface area contributed by atoms with Crippen LogP contribution in [0.3, 0.4) is 0 Å². The number of carbonyl (C=O) groups excluding carboxylic acids is 2. The third-order valence-electron chi connectivity index (χ3n) is 6.31. The first-order chi connectivity index (χ1) is 16.0. The molecule has 0 radical (unpaired) electrons. The maximum atomic E-state index is 13.2. The standard InChI is InChI=1S/C24H16O10/c1-6-2-8-15(22(31)13(6)24(33)34)16-10(21(30)20(8)29)5-11-17(23(16)32)19(28)9-3-7(25)4-12(26)14(9)18(11)27/h2-5,20-21,25-26,29-32H,1H3,(H,33,34)/t20-,21-/m0/s1. The second kappa shape index (κ2) is 6.80. The largest absolute Gasteiger partial charge is 0.508 e. The Balaban J connectivity index is 1.90. The molecule has 2 aliphatic carbocycles. The number of fused-ring (bicyclic) bond motifs is 5. The SMILES string of the molecule is Cc1cc2c(c(O)c1C(=O)O)-c1c(cc3c(c1O)C(=O)c1cc(O)cc(O)c1C3=O)[C@H](O)[C@H]2O. The molecule has 0 heterocycles. The molecule has 0 fully saturated rings. The summed E-state index contributed by atoms with van der Waals surface area (Å²) < 4.78 is 0. The molecule has 172 valence electrons. The van der Waals surface area contributed by atoms with E-state index in [1.165, 1.54) is 13.0 Å². The van der Waals surface area contributed by atoms with Crippen molar-refractivity contribution in [2.45, 2.75) is 19.1 Å². The van der Waals surface area contributed by atoms with Crippen LogP contribution in [0.15, 0.2) is 24.3 Å². The molecule has 0 amide bonds. The van der Waals surface area contributed by atoms with Crippen LogP contribution in [0.4, 0.5) is 0 Å². The van der Waals surface area contributed by atoms with Gasteiger partial charge < -0.3 is 35.7 Å². The molecule has 5 rings (SSSR count). The molecular formula is C24H16O10. The van der Waals surface area contributed by atoms with Crippen molar-refractivity contribution in [2.24, 2.45) is 0 Å². The summed E-state index contributed by atoms with van der Waals surface area (Å²) in [4.78, 5) is 38.1. The summed E-state index contributed by atoms with van der Waals surface area (Å²) in [5, 5.41) is 72.9. The summed E-state index contributed by atoms with van der Waals surface area (Å²) in [5.74, 6) is -6.08. The number of aliphatic hydroxyl groups is 2. The van der Waals surface area contributed by atoms with Gasteiger partial charge in [-0.05, 0) is 35.7 Å². The Labute approximate surface area is 190 Å². The zero-order chi connectivity index (χ0) is 24.8. The lowest BCUT2D eigenvalue weighted by Gasteiger charge is -2.33. The number of ketones is 2. The Morgan fingerprint density at radius 3 is 1.88 bits per heavy atom. The first-order valence-electron chi connectivity index (χ1n) is 9.97. The topological polar surface area (TPSA) is 193 Å². The average molecular weight is 464 g/mol. The van der Waals surface area contributed by atoms with Gasteiger partial charge in [0.25, 0.3) is 0 Å². The second-order valence-corrected chi connectivity index (χ2v) is 8.23. The van der Waals surface area contributed by atoms with Crippen LogP contribution >= 0.6 is 0 Å². The van der Waals surface area contributed by atoms with Gasteiger partial charge in [-0.25, -0.2) is 4.79 Å². The van der Waals surface area contributed by atoms with Crippen LogP contribution in [-0.4, -0.2) is 53.3 Å². The van der Waals surface area contributed by atoms with Gasteiger partial charge in [-0.15, -0.1) is 0 Å². The van der Waals surface area contributed by atoms with Crippen molar-refractivity contribution < 1.29 is 50.1 Å².